The lowest BCUT2D eigenvalue weighted by Gasteiger charge is -2.32. The topological polar surface area (TPSA) is 55.8 Å². The molecule has 1 aromatic rings. The summed E-state index contributed by atoms with van der Waals surface area (Å²) in [5.74, 6) is -0.354. The third-order valence-electron chi connectivity index (χ3n) is 4.21. The van der Waals surface area contributed by atoms with Crippen molar-refractivity contribution in [2.24, 2.45) is 0 Å². The average molecular weight is 332 g/mol. The molecule has 1 aliphatic heterocycles. The second kappa shape index (κ2) is 6.00. The van der Waals surface area contributed by atoms with Gasteiger partial charge in [0.1, 0.15) is 0 Å². The van der Waals surface area contributed by atoms with Crippen LogP contribution in [0.15, 0.2) is 18.2 Å². The van der Waals surface area contributed by atoms with Crippen molar-refractivity contribution < 1.29 is 26.9 Å². The maximum absolute atomic E-state index is 13.0. The van der Waals surface area contributed by atoms with Crippen LogP contribution in [0.2, 0.25) is 0 Å². The van der Waals surface area contributed by atoms with Crippen LogP contribution in [0, 0.1) is 0 Å². The minimum Gasteiger partial charge on any atom is -0.399 e. The van der Waals surface area contributed by atoms with E-state index in [9.17, 15) is 13.0 Å². The van der Waals surface area contributed by atoms with Crippen molar-refractivity contribution in [1.82, 2.24) is 0 Å². The summed E-state index contributed by atoms with van der Waals surface area (Å²) in [6.45, 7) is 7.57. The standard InChI is InChI=1S/C14H19BF2O4S/c1-13(2)14(3,4)21-15(20-13)10-5-6-11(12(16)17)9(7-10)8-22(18)19/h5-7,12H,8H2,1-4H3,(H,18,19). The molecule has 4 nitrogen and oxygen atoms in total. The lowest BCUT2D eigenvalue weighted by molar-refractivity contribution is 0.00578. The Morgan fingerprint density at radius 2 is 1.77 bits per heavy atom. The van der Waals surface area contributed by atoms with Gasteiger partial charge >= 0.3 is 7.12 Å². The van der Waals surface area contributed by atoms with Gasteiger partial charge in [0, 0.05) is 5.56 Å². The summed E-state index contributed by atoms with van der Waals surface area (Å²) in [6, 6.07) is 4.22. The molecule has 1 aromatic carbocycles. The van der Waals surface area contributed by atoms with E-state index in [-0.39, 0.29) is 16.9 Å². The molecule has 1 unspecified atom stereocenters. The fraction of sp³-hybridized carbons (Fsp3) is 0.571. The van der Waals surface area contributed by atoms with Crippen molar-refractivity contribution in [3.8, 4) is 0 Å². The molecule has 2 rings (SSSR count). The number of benzene rings is 1. The first-order valence-electron chi connectivity index (χ1n) is 6.87. The van der Waals surface area contributed by atoms with Gasteiger partial charge in [0.15, 0.2) is 11.1 Å². The van der Waals surface area contributed by atoms with Gasteiger partial charge in [0.25, 0.3) is 6.43 Å². The average Bonchev–Trinajstić information content (AvgIpc) is 2.57. The van der Waals surface area contributed by atoms with E-state index in [0.29, 0.717) is 5.46 Å². The molecule has 8 heteroatoms. The zero-order valence-corrected chi connectivity index (χ0v) is 13.7. The minimum atomic E-state index is -2.70. The van der Waals surface area contributed by atoms with Gasteiger partial charge in [0.05, 0.1) is 17.0 Å². The van der Waals surface area contributed by atoms with E-state index in [1.165, 1.54) is 18.2 Å². The van der Waals surface area contributed by atoms with Crippen molar-refractivity contribution >= 4 is 23.7 Å². The Morgan fingerprint density at radius 3 is 2.23 bits per heavy atom. The Bertz CT molecular complexity index is 576. The third kappa shape index (κ3) is 3.40. The minimum absolute atomic E-state index is 0.128. The molecule has 0 bridgehead atoms. The summed E-state index contributed by atoms with van der Waals surface area (Å²) in [7, 11) is -0.692. The lowest BCUT2D eigenvalue weighted by Crippen LogP contribution is -2.41. The van der Waals surface area contributed by atoms with Crippen LogP contribution in [0.1, 0.15) is 45.2 Å². The van der Waals surface area contributed by atoms with Crippen molar-refractivity contribution in [3.63, 3.8) is 0 Å². The molecule has 0 spiro atoms. The van der Waals surface area contributed by atoms with Gasteiger partial charge in [0.2, 0.25) is 0 Å². The van der Waals surface area contributed by atoms with Gasteiger partial charge < -0.3 is 13.9 Å². The molecule has 1 heterocycles. The number of rotatable bonds is 4. The van der Waals surface area contributed by atoms with Gasteiger partial charge in [-0.25, -0.2) is 13.0 Å². The highest BCUT2D eigenvalue weighted by Gasteiger charge is 2.51. The molecule has 122 valence electrons. The summed E-state index contributed by atoms with van der Waals surface area (Å²) in [5, 5.41) is 0. The fourth-order valence-corrected chi connectivity index (χ4v) is 2.74. The lowest BCUT2D eigenvalue weighted by atomic mass is 9.78. The number of hydrogen-bond acceptors (Lipinski definition) is 3. The summed E-state index contributed by atoms with van der Waals surface area (Å²) >= 11 is -2.20. The van der Waals surface area contributed by atoms with Crippen molar-refractivity contribution in [2.75, 3.05) is 0 Å². The van der Waals surface area contributed by atoms with Gasteiger partial charge in [-0.05, 0) is 38.7 Å². The first-order valence-corrected chi connectivity index (χ1v) is 8.15. The van der Waals surface area contributed by atoms with Gasteiger partial charge in [-0.1, -0.05) is 18.2 Å². The van der Waals surface area contributed by atoms with Gasteiger partial charge in [-0.15, -0.1) is 0 Å². The van der Waals surface area contributed by atoms with Crippen LogP contribution in [0.4, 0.5) is 8.78 Å². The maximum Gasteiger partial charge on any atom is 0.494 e. The van der Waals surface area contributed by atoms with Crippen LogP contribution >= 0.6 is 0 Å². The van der Waals surface area contributed by atoms with E-state index in [1.54, 1.807) is 0 Å². The normalized spacial score (nSPS) is 21.4. The summed E-state index contributed by atoms with van der Waals surface area (Å²) in [5.41, 5.74) is -0.646. The van der Waals surface area contributed by atoms with Crippen LogP contribution in [0.5, 0.6) is 0 Å². The first-order chi connectivity index (χ1) is 10.0. The smallest absolute Gasteiger partial charge is 0.399 e. The Labute approximate surface area is 131 Å². The highest BCUT2D eigenvalue weighted by molar-refractivity contribution is 7.78. The molecule has 0 aromatic heterocycles. The molecule has 1 aliphatic rings. The molecule has 1 saturated heterocycles. The Kier molecular flexibility index (Phi) is 4.78. The zero-order valence-electron chi connectivity index (χ0n) is 12.9. The van der Waals surface area contributed by atoms with Crippen LogP contribution < -0.4 is 5.46 Å². The largest absolute Gasteiger partial charge is 0.494 e. The quantitative estimate of drug-likeness (QED) is 0.680. The molecular weight excluding hydrogens is 313 g/mol. The van der Waals surface area contributed by atoms with E-state index in [4.69, 9.17) is 13.9 Å². The van der Waals surface area contributed by atoms with Crippen LogP contribution in [-0.2, 0) is 26.1 Å². The Hall–Kier alpha value is -0.825. The fourth-order valence-electron chi connectivity index (χ4n) is 2.22. The molecule has 0 aliphatic carbocycles. The van der Waals surface area contributed by atoms with Crippen molar-refractivity contribution in [3.05, 3.63) is 29.3 Å². The van der Waals surface area contributed by atoms with E-state index in [2.05, 4.69) is 0 Å². The van der Waals surface area contributed by atoms with Crippen LogP contribution in [0.3, 0.4) is 0 Å². The molecule has 0 radical (unpaired) electrons. The van der Waals surface area contributed by atoms with E-state index >= 15 is 0 Å². The van der Waals surface area contributed by atoms with E-state index in [0.717, 1.165) is 0 Å². The highest BCUT2D eigenvalue weighted by atomic mass is 32.2. The zero-order chi connectivity index (χ0) is 16.7. The van der Waals surface area contributed by atoms with Gasteiger partial charge in [-0.2, -0.15) is 0 Å². The second-order valence-electron chi connectivity index (χ2n) is 6.31. The van der Waals surface area contributed by atoms with E-state index in [1.807, 2.05) is 27.7 Å². The summed E-state index contributed by atoms with van der Waals surface area (Å²) in [6.07, 6.45) is -2.70. The van der Waals surface area contributed by atoms with Crippen LogP contribution in [0.25, 0.3) is 0 Å². The molecule has 1 N–H and O–H groups in total. The monoisotopic (exact) mass is 332 g/mol. The van der Waals surface area contributed by atoms with Crippen molar-refractivity contribution in [2.45, 2.75) is 51.1 Å². The molecule has 22 heavy (non-hydrogen) atoms. The van der Waals surface area contributed by atoms with Gasteiger partial charge in [-0.3, -0.25) is 0 Å². The number of halogens is 2. The molecule has 0 saturated carbocycles. The molecule has 1 atom stereocenters. The number of hydrogen-bond donors (Lipinski definition) is 1. The highest BCUT2D eigenvalue weighted by Crippen LogP contribution is 2.36. The van der Waals surface area contributed by atoms with Crippen LogP contribution in [-0.4, -0.2) is 27.1 Å². The molecule has 0 amide bonds. The van der Waals surface area contributed by atoms with E-state index < -0.39 is 35.8 Å². The number of alkyl halides is 2. The predicted octanol–water partition coefficient (Wildman–Crippen LogP) is 2.65. The second-order valence-corrected chi connectivity index (χ2v) is 7.24. The predicted molar refractivity (Wildman–Crippen MR) is 81.6 cm³/mol. The third-order valence-corrected chi connectivity index (χ3v) is 4.76. The maximum atomic E-state index is 13.0. The first kappa shape index (κ1) is 17.5. The summed E-state index contributed by atoms with van der Waals surface area (Å²) < 4.78 is 57.7. The SMILES string of the molecule is CC1(C)OB(c2ccc(C(F)F)c(CS(=O)O)c2)OC1(C)C. The molecule has 1 fully saturated rings. The Balaban J connectivity index is 2.36. The van der Waals surface area contributed by atoms with Crippen molar-refractivity contribution in [1.29, 1.82) is 0 Å². The Morgan fingerprint density at radius 1 is 1.23 bits per heavy atom. The molecular formula is C14H19BF2O4S. The summed E-state index contributed by atoms with van der Waals surface area (Å²) in [4.78, 5) is 0.